The van der Waals surface area contributed by atoms with Crippen molar-refractivity contribution in [3.05, 3.63) is 28.8 Å². The number of hydrogen-bond acceptors (Lipinski definition) is 4. The van der Waals surface area contributed by atoms with E-state index in [2.05, 4.69) is 0 Å². The molecule has 0 fully saturated rings. The first-order valence-electron chi connectivity index (χ1n) is 6.38. The summed E-state index contributed by atoms with van der Waals surface area (Å²) in [5.74, 6) is -1.61. The van der Waals surface area contributed by atoms with Gasteiger partial charge in [-0.25, -0.2) is 0 Å². The number of para-hydroxylation sites is 1. The number of carbonyl (C=O) groups is 1. The number of hydrogen-bond donors (Lipinski definition) is 3. The topological polar surface area (TPSA) is 110 Å². The molecule has 4 N–H and O–H groups in total. The van der Waals surface area contributed by atoms with Crippen molar-refractivity contribution in [2.24, 2.45) is 5.73 Å². The molecule has 118 valence electrons. The fourth-order valence-electron chi connectivity index (χ4n) is 1.90. The van der Waals surface area contributed by atoms with Crippen LogP contribution in [0.5, 0.6) is 5.75 Å². The minimum Gasteiger partial charge on any atom is -0.495 e. The molecule has 0 radical (unpaired) electrons. The van der Waals surface area contributed by atoms with Crippen molar-refractivity contribution in [2.75, 3.05) is 13.3 Å². The molecule has 0 aliphatic heterocycles. The highest BCUT2D eigenvalue weighted by Crippen LogP contribution is 2.46. The summed E-state index contributed by atoms with van der Waals surface area (Å²) in [7, 11) is -2.16. The second kappa shape index (κ2) is 7.80. The van der Waals surface area contributed by atoms with Gasteiger partial charge in [0.2, 0.25) is 7.37 Å². The van der Waals surface area contributed by atoms with Crippen molar-refractivity contribution in [3.8, 4) is 5.75 Å². The molecule has 0 saturated heterocycles. The minimum absolute atomic E-state index is 0.0320. The molecule has 0 aromatic heterocycles. The van der Waals surface area contributed by atoms with E-state index < -0.39 is 19.1 Å². The van der Waals surface area contributed by atoms with Gasteiger partial charge in [-0.05, 0) is 24.5 Å². The van der Waals surface area contributed by atoms with Gasteiger partial charge in [-0.3, -0.25) is 9.36 Å². The zero-order valence-electron chi connectivity index (χ0n) is 11.7. The first-order chi connectivity index (χ1) is 9.77. The molecule has 0 saturated carbocycles. The molecule has 0 aliphatic carbocycles. The molecule has 0 aliphatic rings. The molecule has 21 heavy (non-hydrogen) atoms. The van der Waals surface area contributed by atoms with Crippen LogP contribution in [0.2, 0.25) is 5.02 Å². The van der Waals surface area contributed by atoms with Crippen molar-refractivity contribution in [3.63, 3.8) is 0 Å². The van der Waals surface area contributed by atoms with Crippen LogP contribution in [0.25, 0.3) is 0 Å². The summed E-state index contributed by atoms with van der Waals surface area (Å²) in [5.41, 5.74) is 6.34. The van der Waals surface area contributed by atoms with Gasteiger partial charge in [0.05, 0.1) is 17.9 Å². The highest BCUT2D eigenvalue weighted by Gasteiger charge is 2.28. The Kier molecular flexibility index (Phi) is 6.68. The molecule has 1 rings (SSSR count). The van der Waals surface area contributed by atoms with Crippen LogP contribution in [0.4, 0.5) is 0 Å². The highest BCUT2D eigenvalue weighted by atomic mass is 35.5. The van der Waals surface area contributed by atoms with E-state index in [1.54, 1.807) is 18.2 Å². The number of benzene rings is 1. The smallest absolute Gasteiger partial charge is 0.303 e. The number of methoxy groups -OCH3 is 1. The van der Waals surface area contributed by atoms with Gasteiger partial charge in [-0.15, -0.1) is 0 Å². The number of carboxylic acid groups (broad SMARTS) is 1. The Morgan fingerprint density at radius 3 is 2.76 bits per heavy atom. The van der Waals surface area contributed by atoms with Crippen molar-refractivity contribution < 1.29 is 24.1 Å². The molecule has 1 aromatic carbocycles. The summed E-state index contributed by atoms with van der Waals surface area (Å²) in [6.45, 7) is 0. The summed E-state index contributed by atoms with van der Waals surface area (Å²) in [4.78, 5) is 20.4. The largest absolute Gasteiger partial charge is 0.495 e. The van der Waals surface area contributed by atoms with Gasteiger partial charge in [0.1, 0.15) is 5.75 Å². The van der Waals surface area contributed by atoms with E-state index in [0.717, 1.165) is 0 Å². The minimum atomic E-state index is -3.63. The zero-order valence-corrected chi connectivity index (χ0v) is 13.3. The third kappa shape index (κ3) is 5.32. The number of aryl methyl sites for hydroxylation is 1. The maximum atomic E-state index is 12.1. The van der Waals surface area contributed by atoms with E-state index in [0.29, 0.717) is 16.3 Å². The van der Waals surface area contributed by atoms with Crippen molar-refractivity contribution in [1.29, 1.82) is 0 Å². The first-order valence-corrected chi connectivity index (χ1v) is 8.67. The fourth-order valence-corrected chi connectivity index (χ4v) is 3.60. The highest BCUT2D eigenvalue weighted by molar-refractivity contribution is 7.58. The zero-order chi connectivity index (χ0) is 16.0. The SMILES string of the molecule is COc1c(Cl)cccc1CCP(=O)(O)C(N)CCC(=O)O. The van der Waals surface area contributed by atoms with Gasteiger partial charge in [-0.1, -0.05) is 23.7 Å². The number of ether oxygens (including phenoxy) is 1. The van der Waals surface area contributed by atoms with Crippen molar-refractivity contribution in [1.82, 2.24) is 0 Å². The normalized spacial score (nSPS) is 15.2. The van der Waals surface area contributed by atoms with Crippen LogP contribution in [-0.2, 0) is 15.8 Å². The molecule has 6 nitrogen and oxygen atoms in total. The molecule has 8 heteroatoms. The average Bonchev–Trinajstić information content (AvgIpc) is 2.42. The van der Waals surface area contributed by atoms with Gasteiger partial charge < -0.3 is 20.5 Å². The molecular weight excluding hydrogens is 317 g/mol. The Bertz CT molecular complexity index is 551. The molecular formula is C13H19ClNO5P. The lowest BCUT2D eigenvalue weighted by atomic mass is 10.1. The molecule has 0 spiro atoms. The van der Waals surface area contributed by atoms with E-state index >= 15 is 0 Å². The Balaban J connectivity index is 2.71. The van der Waals surface area contributed by atoms with E-state index in [-0.39, 0.29) is 25.4 Å². The van der Waals surface area contributed by atoms with Gasteiger partial charge in [0.25, 0.3) is 0 Å². The maximum Gasteiger partial charge on any atom is 0.303 e. The molecule has 0 bridgehead atoms. The monoisotopic (exact) mass is 335 g/mol. The van der Waals surface area contributed by atoms with E-state index in [4.69, 9.17) is 27.2 Å². The first kappa shape index (κ1) is 18.0. The third-order valence-electron chi connectivity index (χ3n) is 3.13. The lowest BCUT2D eigenvalue weighted by molar-refractivity contribution is -0.137. The lowest BCUT2D eigenvalue weighted by Gasteiger charge is -2.19. The number of rotatable bonds is 8. The van der Waals surface area contributed by atoms with Crippen molar-refractivity contribution >= 4 is 24.9 Å². The summed E-state index contributed by atoms with van der Waals surface area (Å²) < 4.78 is 17.3. The summed E-state index contributed by atoms with van der Waals surface area (Å²) in [6.07, 6.45) is -0.0369. The third-order valence-corrected chi connectivity index (χ3v) is 5.58. The summed E-state index contributed by atoms with van der Waals surface area (Å²) in [6, 6.07) is 5.15. The van der Waals surface area contributed by atoms with E-state index in [9.17, 15) is 14.3 Å². The fraction of sp³-hybridized carbons (Fsp3) is 0.462. The quantitative estimate of drug-likeness (QED) is 0.629. The van der Waals surface area contributed by atoms with Gasteiger partial charge in [0, 0.05) is 12.6 Å². The number of halogens is 1. The molecule has 1 aromatic rings. The van der Waals surface area contributed by atoms with Gasteiger partial charge in [-0.2, -0.15) is 0 Å². The van der Waals surface area contributed by atoms with Crippen LogP contribution in [0, 0.1) is 0 Å². The van der Waals surface area contributed by atoms with E-state index in [1.807, 2.05) is 0 Å². The predicted molar refractivity (Wildman–Crippen MR) is 81.2 cm³/mol. The van der Waals surface area contributed by atoms with Crippen molar-refractivity contribution in [2.45, 2.75) is 25.0 Å². The van der Waals surface area contributed by atoms with Crippen LogP contribution in [0.1, 0.15) is 18.4 Å². The Labute approximate surface area is 128 Å². The van der Waals surface area contributed by atoms with Crippen LogP contribution in [-0.4, -0.2) is 35.0 Å². The number of aliphatic carboxylic acids is 1. The van der Waals surface area contributed by atoms with Gasteiger partial charge >= 0.3 is 5.97 Å². The molecule has 2 unspecified atom stereocenters. The average molecular weight is 336 g/mol. The predicted octanol–water partition coefficient (Wildman–Crippen LogP) is 2.31. The van der Waals surface area contributed by atoms with Crippen LogP contribution >= 0.6 is 19.0 Å². The van der Waals surface area contributed by atoms with Crippen LogP contribution in [0.3, 0.4) is 0 Å². The molecule has 2 atom stereocenters. The standard InChI is InChI=1S/C13H19ClNO5P/c1-20-13-9(3-2-4-10(13)14)7-8-21(18,19)11(15)5-6-12(16)17/h2-4,11H,5-8,15H2,1H3,(H,16,17)(H,18,19). The van der Waals surface area contributed by atoms with Crippen LogP contribution < -0.4 is 10.5 Å². The number of carboxylic acids is 1. The molecule has 0 heterocycles. The van der Waals surface area contributed by atoms with E-state index in [1.165, 1.54) is 7.11 Å². The summed E-state index contributed by atoms with van der Waals surface area (Å²) in [5, 5.41) is 9.01. The Morgan fingerprint density at radius 1 is 1.52 bits per heavy atom. The lowest BCUT2D eigenvalue weighted by Crippen LogP contribution is -2.23. The van der Waals surface area contributed by atoms with Gasteiger partial charge in [0.15, 0.2) is 0 Å². The second-order valence-corrected chi connectivity index (χ2v) is 7.69. The molecule has 0 amide bonds. The Hall–Kier alpha value is -1.07. The summed E-state index contributed by atoms with van der Waals surface area (Å²) >= 11 is 5.98. The Morgan fingerprint density at radius 2 is 2.19 bits per heavy atom. The second-order valence-electron chi connectivity index (χ2n) is 4.66. The maximum absolute atomic E-state index is 12.1. The van der Waals surface area contributed by atoms with Crippen LogP contribution in [0.15, 0.2) is 18.2 Å². The number of nitrogens with two attached hydrogens (primary N) is 1.